The molecular formula is C22H15Cl2FN4O3S. The van der Waals surface area contributed by atoms with Crippen LogP contribution in [0, 0.1) is 24.1 Å². The molecule has 0 fully saturated rings. The van der Waals surface area contributed by atoms with E-state index in [1.165, 1.54) is 30.1 Å². The first kappa shape index (κ1) is 23.0. The summed E-state index contributed by atoms with van der Waals surface area (Å²) in [5.41, 5.74) is 0.296. The number of benzene rings is 1. The van der Waals surface area contributed by atoms with Gasteiger partial charge >= 0.3 is 5.69 Å². The summed E-state index contributed by atoms with van der Waals surface area (Å²) in [6.07, 6.45) is 2.91. The Labute approximate surface area is 200 Å². The number of pyridine rings is 1. The van der Waals surface area contributed by atoms with Crippen LogP contribution in [-0.4, -0.2) is 21.2 Å². The maximum atomic E-state index is 14.0. The molecule has 0 unspecified atom stereocenters. The molecule has 3 aromatic heterocycles. The van der Waals surface area contributed by atoms with E-state index in [4.69, 9.17) is 33.2 Å². The van der Waals surface area contributed by atoms with Gasteiger partial charge in [-0.1, -0.05) is 23.2 Å². The molecular weight excluding hydrogens is 490 g/mol. The Morgan fingerprint density at radius 2 is 2.00 bits per heavy atom. The van der Waals surface area contributed by atoms with Crippen LogP contribution in [0.15, 0.2) is 40.2 Å². The maximum absolute atomic E-state index is 14.0. The highest BCUT2D eigenvalue weighted by atomic mass is 35.5. The summed E-state index contributed by atoms with van der Waals surface area (Å²) in [5.74, 6) is -0.633. The average molecular weight is 505 g/mol. The minimum atomic E-state index is -0.649. The molecule has 3 heterocycles. The van der Waals surface area contributed by atoms with Gasteiger partial charge in [0.2, 0.25) is 0 Å². The minimum absolute atomic E-state index is 0.0104. The number of fused-ring (bicyclic) bond motifs is 1. The number of nitriles is 1. The third kappa shape index (κ3) is 3.91. The Balaban J connectivity index is 2.07. The first-order valence-corrected chi connectivity index (χ1v) is 11.2. The van der Waals surface area contributed by atoms with Crippen LogP contribution >= 0.6 is 34.5 Å². The predicted molar refractivity (Wildman–Crippen MR) is 126 cm³/mol. The average Bonchev–Trinajstić information content (AvgIpc) is 3.22. The fourth-order valence-electron chi connectivity index (χ4n) is 3.44. The Morgan fingerprint density at radius 3 is 2.70 bits per heavy atom. The SMILES string of the molecule is COc1cc(-c2cc3c(s2)c(=O)n(-c2cncc(C)c2Cl)c(=O)n3CCC#N)c(Cl)cc1F. The van der Waals surface area contributed by atoms with Crippen molar-refractivity contribution < 1.29 is 9.13 Å². The fourth-order valence-corrected chi connectivity index (χ4v) is 5.05. The van der Waals surface area contributed by atoms with Crippen molar-refractivity contribution in [3.63, 3.8) is 0 Å². The lowest BCUT2D eigenvalue weighted by Crippen LogP contribution is -2.38. The number of halogens is 3. The van der Waals surface area contributed by atoms with Gasteiger partial charge in [-0.05, 0) is 30.7 Å². The molecule has 0 saturated carbocycles. The summed E-state index contributed by atoms with van der Waals surface area (Å²) in [5, 5.41) is 9.43. The van der Waals surface area contributed by atoms with Crippen molar-refractivity contribution in [3.05, 3.63) is 72.9 Å². The number of thiophene rings is 1. The van der Waals surface area contributed by atoms with Crippen molar-refractivity contribution in [3.8, 4) is 27.9 Å². The lowest BCUT2D eigenvalue weighted by atomic mass is 10.1. The van der Waals surface area contributed by atoms with E-state index in [0.717, 1.165) is 22.0 Å². The zero-order chi connectivity index (χ0) is 23.9. The first-order valence-electron chi connectivity index (χ1n) is 9.58. The number of hydrogen-bond acceptors (Lipinski definition) is 6. The molecule has 11 heteroatoms. The lowest BCUT2D eigenvalue weighted by Gasteiger charge is -2.12. The maximum Gasteiger partial charge on any atom is 0.336 e. The van der Waals surface area contributed by atoms with Gasteiger partial charge in [-0.25, -0.2) is 13.8 Å². The normalized spacial score (nSPS) is 11.0. The highest BCUT2D eigenvalue weighted by Crippen LogP contribution is 2.39. The zero-order valence-electron chi connectivity index (χ0n) is 17.4. The third-order valence-corrected chi connectivity index (χ3v) is 7.00. The van der Waals surface area contributed by atoms with Crippen molar-refractivity contribution in [2.45, 2.75) is 19.9 Å². The van der Waals surface area contributed by atoms with Crippen molar-refractivity contribution in [1.29, 1.82) is 5.26 Å². The van der Waals surface area contributed by atoms with Gasteiger partial charge in [0.1, 0.15) is 4.70 Å². The second kappa shape index (κ2) is 8.98. The van der Waals surface area contributed by atoms with Crippen LogP contribution in [0.5, 0.6) is 5.75 Å². The van der Waals surface area contributed by atoms with Gasteiger partial charge in [0.25, 0.3) is 5.56 Å². The Kier molecular flexibility index (Phi) is 6.26. The molecule has 7 nitrogen and oxygen atoms in total. The summed E-state index contributed by atoms with van der Waals surface area (Å²) in [6.45, 7) is 1.77. The first-order chi connectivity index (χ1) is 15.8. The molecule has 0 N–H and O–H groups in total. The molecule has 33 heavy (non-hydrogen) atoms. The molecule has 0 saturated heterocycles. The van der Waals surface area contributed by atoms with Crippen LogP contribution in [0.1, 0.15) is 12.0 Å². The fraction of sp³-hybridized carbons (Fsp3) is 0.182. The molecule has 0 aliphatic heterocycles. The molecule has 168 valence electrons. The zero-order valence-corrected chi connectivity index (χ0v) is 19.7. The van der Waals surface area contributed by atoms with Crippen molar-refractivity contribution >= 4 is 44.8 Å². The van der Waals surface area contributed by atoms with Gasteiger partial charge in [0.05, 0.1) is 47.0 Å². The number of aromatic nitrogens is 3. The third-order valence-electron chi connectivity index (χ3n) is 5.05. The monoisotopic (exact) mass is 504 g/mol. The van der Waals surface area contributed by atoms with Crippen LogP contribution in [0.2, 0.25) is 10.0 Å². The van der Waals surface area contributed by atoms with E-state index in [-0.39, 0.29) is 39.1 Å². The van der Waals surface area contributed by atoms with E-state index >= 15 is 0 Å². The summed E-state index contributed by atoms with van der Waals surface area (Å²) in [6, 6.07) is 6.19. The van der Waals surface area contributed by atoms with Gasteiger partial charge in [-0.15, -0.1) is 11.3 Å². The van der Waals surface area contributed by atoms with Crippen LogP contribution in [0.4, 0.5) is 4.39 Å². The van der Waals surface area contributed by atoms with E-state index in [9.17, 15) is 14.0 Å². The van der Waals surface area contributed by atoms with E-state index in [1.807, 2.05) is 6.07 Å². The summed E-state index contributed by atoms with van der Waals surface area (Å²) >= 11 is 13.7. The Bertz CT molecular complexity index is 1570. The number of aryl methyl sites for hydroxylation is 2. The highest BCUT2D eigenvalue weighted by molar-refractivity contribution is 7.22. The molecule has 0 radical (unpaired) electrons. The molecule has 0 amide bonds. The topological polar surface area (TPSA) is 89.9 Å². The van der Waals surface area contributed by atoms with Gasteiger partial charge in [-0.2, -0.15) is 5.26 Å². The largest absolute Gasteiger partial charge is 0.494 e. The minimum Gasteiger partial charge on any atom is -0.494 e. The van der Waals surface area contributed by atoms with Crippen LogP contribution < -0.4 is 16.0 Å². The van der Waals surface area contributed by atoms with Crippen molar-refractivity contribution in [2.24, 2.45) is 0 Å². The number of methoxy groups -OCH3 is 1. The lowest BCUT2D eigenvalue weighted by molar-refractivity contribution is 0.387. The Hall–Kier alpha value is -3.19. The van der Waals surface area contributed by atoms with Gasteiger partial charge in [0.15, 0.2) is 11.6 Å². The summed E-state index contributed by atoms with van der Waals surface area (Å²) < 4.78 is 21.6. The quantitative estimate of drug-likeness (QED) is 0.383. The van der Waals surface area contributed by atoms with Crippen LogP contribution in [0.3, 0.4) is 0 Å². The Morgan fingerprint density at radius 1 is 1.24 bits per heavy atom. The molecule has 4 rings (SSSR count). The summed E-state index contributed by atoms with van der Waals surface area (Å²) in [7, 11) is 1.33. The number of ether oxygens (including phenoxy) is 1. The van der Waals surface area contributed by atoms with E-state index < -0.39 is 17.1 Å². The molecule has 4 aromatic rings. The van der Waals surface area contributed by atoms with E-state index in [2.05, 4.69) is 4.98 Å². The molecule has 1 aromatic carbocycles. The molecule has 0 atom stereocenters. The van der Waals surface area contributed by atoms with Gasteiger partial charge < -0.3 is 4.74 Å². The van der Waals surface area contributed by atoms with Gasteiger partial charge in [0, 0.05) is 23.2 Å². The van der Waals surface area contributed by atoms with Crippen LogP contribution in [0.25, 0.3) is 26.3 Å². The number of hydrogen-bond donors (Lipinski definition) is 0. The van der Waals surface area contributed by atoms with Crippen LogP contribution in [-0.2, 0) is 6.54 Å². The molecule has 0 spiro atoms. The highest BCUT2D eigenvalue weighted by Gasteiger charge is 2.21. The molecule has 0 aliphatic rings. The standard InChI is InChI=1S/C22H15Cl2FN4O3S/c1-11-9-27-10-16(19(11)24)29-21(30)20-15(28(22(29)31)5-3-4-26)8-18(33-20)12-6-17(32-2)14(25)7-13(12)23/h6-10H,3,5H2,1-2H3. The summed E-state index contributed by atoms with van der Waals surface area (Å²) in [4.78, 5) is 31.4. The van der Waals surface area contributed by atoms with Crippen molar-refractivity contribution in [1.82, 2.24) is 14.1 Å². The van der Waals surface area contributed by atoms with Crippen molar-refractivity contribution in [2.75, 3.05) is 7.11 Å². The second-order valence-electron chi connectivity index (χ2n) is 7.06. The smallest absolute Gasteiger partial charge is 0.336 e. The number of nitrogens with zero attached hydrogens (tertiary/aromatic N) is 4. The second-order valence-corrected chi connectivity index (χ2v) is 8.90. The molecule has 0 aliphatic carbocycles. The molecule has 0 bridgehead atoms. The number of rotatable bonds is 5. The predicted octanol–water partition coefficient (Wildman–Crippen LogP) is 4.95. The van der Waals surface area contributed by atoms with E-state index in [1.54, 1.807) is 13.0 Å². The van der Waals surface area contributed by atoms with Gasteiger partial charge in [-0.3, -0.25) is 14.3 Å². The van der Waals surface area contributed by atoms with E-state index in [0.29, 0.717) is 21.5 Å².